The number of rotatable bonds is 7. The van der Waals surface area contributed by atoms with E-state index in [9.17, 15) is 24.3 Å². The number of aliphatic carboxylic acids is 2. The molecule has 1 amide bonds. The molecule has 0 aromatic heterocycles. The van der Waals surface area contributed by atoms with Crippen LogP contribution in [0.5, 0.6) is 0 Å². The maximum absolute atomic E-state index is 12.6. The summed E-state index contributed by atoms with van der Waals surface area (Å²) in [4.78, 5) is 48.7. The Hall–Kier alpha value is -3.10. The maximum atomic E-state index is 12.6. The van der Waals surface area contributed by atoms with Gasteiger partial charge in [0.15, 0.2) is 0 Å². The zero-order chi connectivity index (χ0) is 20.0. The molecule has 1 aromatic rings. The Morgan fingerprint density at radius 2 is 1.81 bits per heavy atom. The molecule has 0 saturated carbocycles. The second-order valence-corrected chi connectivity index (χ2v) is 6.20. The van der Waals surface area contributed by atoms with Crippen LogP contribution in [0.2, 0.25) is 0 Å². The van der Waals surface area contributed by atoms with Gasteiger partial charge in [0.2, 0.25) is 5.54 Å². The highest BCUT2D eigenvalue weighted by atomic mass is 16.6. The van der Waals surface area contributed by atoms with Crippen molar-refractivity contribution in [3.8, 4) is 0 Å². The fourth-order valence-corrected chi connectivity index (χ4v) is 3.15. The Balaban J connectivity index is 2.26. The number of benzene rings is 1. The Bertz CT molecular complexity index is 719. The van der Waals surface area contributed by atoms with Gasteiger partial charge in [-0.3, -0.25) is 9.69 Å². The molecule has 2 N–H and O–H groups in total. The number of carboxylic acids is 2. The van der Waals surface area contributed by atoms with Crippen LogP contribution in [0.1, 0.15) is 25.3 Å². The third kappa shape index (κ3) is 4.36. The number of likely N-dealkylation sites (tertiary alicyclic amines) is 1. The van der Waals surface area contributed by atoms with E-state index in [-0.39, 0.29) is 32.6 Å². The van der Waals surface area contributed by atoms with E-state index < -0.39 is 35.5 Å². The molecular formula is C18H21NO8. The Labute approximate surface area is 155 Å². The van der Waals surface area contributed by atoms with E-state index in [4.69, 9.17) is 14.6 Å². The molecule has 2 unspecified atom stereocenters. The van der Waals surface area contributed by atoms with Gasteiger partial charge in [0.05, 0.1) is 6.61 Å². The lowest BCUT2D eigenvalue weighted by atomic mass is 9.90. The standard InChI is InChI=1S/C18H21NO8/c1-2-26-16(24)18(15(22)23)9-13(8-14(20)21)10-19(18)17(25)27-11-12-6-4-3-5-7-12/h3-7,13H,2,8-11H2,1H3,(H,20,21)(H,22,23). The molecule has 1 saturated heterocycles. The van der Waals surface area contributed by atoms with Crippen molar-refractivity contribution in [3.05, 3.63) is 35.9 Å². The van der Waals surface area contributed by atoms with Gasteiger partial charge in [0, 0.05) is 13.0 Å². The van der Waals surface area contributed by atoms with Crippen molar-refractivity contribution in [2.24, 2.45) is 5.92 Å². The van der Waals surface area contributed by atoms with Gasteiger partial charge in [0.25, 0.3) is 0 Å². The summed E-state index contributed by atoms with van der Waals surface area (Å²) in [5.41, 5.74) is -1.62. The van der Waals surface area contributed by atoms with E-state index in [0.29, 0.717) is 5.56 Å². The number of nitrogens with zero attached hydrogens (tertiary/aromatic N) is 1. The van der Waals surface area contributed by atoms with E-state index in [2.05, 4.69) is 0 Å². The normalized spacial score (nSPS) is 21.5. The summed E-state index contributed by atoms with van der Waals surface area (Å²) in [5.74, 6) is -4.55. The minimum atomic E-state index is -2.30. The largest absolute Gasteiger partial charge is 0.481 e. The third-order valence-electron chi connectivity index (χ3n) is 4.34. The predicted octanol–water partition coefficient (Wildman–Crippen LogP) is 1.51. The van der Waals surface area contributed by atoms with Gasteiger partial charge < -0.3 is 19.7 Å². The van der Waals surface area contributed by atoms with Crippen LogP contribution in [-0.2, 0) is 30.5 Å². The SMILES string of the molecule is CCOC(=O)C1(C(=O)O)CC(CC(=O)O)CN1C(=O)OCc1ccccc1. The molecule has 2 rings (SSSR count). The minimum absolute atomic E-state index is 0.0790. The van der Waals surface area contributed by atoms with Crippen LogP contribution in [0.25, 0.3) is 0 Å². The number of carboxylic acid groups (broad SMARTS) is 2. The highest BCUT2D eigenvalue weighted by Crippen LogP contribution is 2.37. The average molecular weight is 379 g/mol. The summed E-state index contributed by atoms with van der Waals surface area (Å²) < 4.78 is 10.0. The molecule has 0 aliphatic carbocycles. The first kappa shape index (κ1) is 20.2. The molecule has 27 heavy (non-hydrogen) atoms. The predicted molar refractivity (Wildman–Crippen MR) is 90.7 cm³/mol. The molecule has 1 fully saturated rings. The molecule has 1 aliphatic rings. The topological polar surface area (TPSA) is 130 Å². The van der Waals surface area contributed by atoms with Crippen LogP contribution >= 0.6 is 0 Å². The molecule has 1 heterocycles. The number of ether oxygens (including phenoxy) is 2. The highest BCUT2D eigenvalue weighted by Gasteiger charge is 2.61. The second kappa shape index (κ2) is 8.52. The van der Waals surface area contributed by atoms with Crippen LogP contribution in [0.4, 0.5) is 4.79 Å². The van der Waals surface area contributed by atoms with Crippen molar-refractivity contribution in [2.45, 2.75) is 31.9 Å². The van der Waals surface area contributed by atoms with Crippen LogP contribution in [-0.4, -0.2) is 57.8 Å². The minimum Gasteiger partial charge on any atom is -0.481 e. The molecule has 9 nitrogen and oxygen atoms in total. The van der Waals surface area contributed by atoms with Gasteiger partial charge in [-0.2, -0.15) is 0 Å². The van der Waals surface area contributed by atoms with Crippen molar-refractivity contribution in [1.29, 1.82) is 0 Å². The number of amides is 1. The Morgan fingerprint density at radius 3 is 2.37 bits per heavy atom. The molecule has 1 aliphatic heterocycles. The lowest BCUT2D eigenvalue weighted by Crippen LogP contribution is -2.59. The number of esters is 1. The number of carbonyl (C=O) groups is 4. The van der Waals surface area contributed by atoms with Crippen LogP contribution in [0, 0.1) is 5.92 Å². The first-order chi connectivity index (χ1) is 12.8. The van der Waals surface area contributed by atoms with Crippen molar-refractivity contribution in [2.75, 3.05) is 13.2 Å². The molecule has 0 spiro atoms. The van der Waals surface area contributed by atoms with Crippen LogP contribution < -0.4 is 0 Å². The molecule has 146 valence electrons. The molecule has 0 radical (unpaired) electrons. The summed E-state index contributed by atoms with van der Waals surface area (Å²) in [7, 11) is 0. The summed E-state index contributed by atoms with van der Waals surface area (Å²) in [5, 5.41) is 18.7. The highest BCUT2D eigenvalue weighted by molar-refractivity contribution is 6.07. The maximum Gasteiger partial charge on any atom is 0.411 e. The molecule has 9 heteroatoms. The molecule has 2 atom stereocenters. The first-order valence-corrected chi connectivity index (χ1v) is 8.42. The smallest absolute Gasteiger partial charge is 0.411 e. The van der Waals surface area contributed by atoms with Crippen molar-refractivity contribution < 1.29 is 38.9 Å². The Morgan fingerprint density at radius 1 is 1.15 bits per heavy atom. The number of hydrogen-bond donors (Lipinski definition) is 2. The van der Waals surface area contributed by atoms with E-state index >= 15 is 0 Å². The summed E-state index contributed by atoms with van der Waals surface area (Å²) in [6.45, 7) is 1.09. The average Bonchev–Trinajstić information content (AvgIpc) is 3.00. The van der Waals surface area contributed by atoms with Gasteiger partial charge >= 0.3 is 24.0 Å². The Kier molecular flexibility index (Phi) is 6.38. The molecule has 1 aromatic carbocycles. The second-order valence-electron chi connectivity index (χ2n) is 6.20. The summed E-state index contributed by atoms with van der Waals surface area (Å²) in [6.07, 6.45) is -1.74. The lowest BCUT2D eigenvalue weighted by molar-refractivity contribution is -0.168. The van der Waals surface area contributed by atoms with Crippen molar-refractivity contribution >= 4 is 24.0 Å². The number of carbonyl (C=O) groups excluding carboxylic acids is 2. The monoisotopic (exact) mass is 379 g/mol. The quantitative estimate of drug-likeness (QED) is 0.538. The van der Waals surface area contributed by atoms with Crippen LogP contribution in [0.3, 0.4) is 0 Å². The van der Waals surface area contributed by atoms with Gasteiger partial charge in [-0.25, -0.2) is 14.4 Å². The van der Waals surface area contributed by atoms with Crippen LogP contribution in [0.15, 0.2) is 30.3 Å². The molecular weight excluding hydrogens is 358 g/mol. The molecule has 0 bridgehead atoms. The van der Waals surface area contributed by atoms with Gasteiger partial charge in [-0.1, -0.05) is 30.3 Å². The zero-order valence-electron chi connectivity index (χ0n) is 14.8. The van der Waals surface area contributed by atoms with E-state index in [1.165, 1.54) is 6.92 Å². The summed E-state index contributed by atoms with van der Waals surface area (Å²) in [6, 6.07) is 8.74. The fourth-order valence-electron chi connectivity index (χ4n) is 3.15. The lowest BCUT2D eigenvalue weighted by Gasteiger charge is -2.31. The summed E-state index contributed by atoms with van der Waals surface area (Å²) >= 11 is 0. The first-order valence-electron chi connectivity index (χ1n) is 8.42. The van der Waals surface area contributed by atoms with Gasteiger partial charge in [-0.05, 0) is 24.8 Å². The van der Waals surface area contributed by atoms with E-state index in [1.807, 2.05) is 0 Å². The fraction of sp³-hybridized carbons (Fsp3) is 0.444. The van der Waals surface area contributed by atoms with E-state index in [0.717, 1.165) is 4.90 Å². The third-order valence-corrected chi connectivity index (χ3v) is 4.34. The van der Waals surface area contributed by atoms with Crippen molar-refractivity contribution in [3.63, 3.8) is 0 Å². The van der Waals surface area contributed by atoms with Crippen molar-refractivity contribution in [1.82, 2.24) is 4.90 Å². The van der Waals surface area contributed by atoms with Gasteiger partial charge in [0.1, 0.15) is 6.61 Å². The van der Waals surface area contributed by atoms with E-state index in [1.54, 1.807) is 30.3 Å². The number of hydrogen-bond acceptors (Lipinski definition) is 6. The zero-order valence-corrected chi connectivity index (χ0v) is 14.8. The van der Waals surface area contributed by atoms with Gasteiger partial charge in [-0.15, -0.1) is 0 Å².